The van der Waals surface area contributed by atoms with E-state index in [0.717, 1.165) is 42.0 Å². The van der Waals surface area contributed by atoms with Crippen LogP contribution in [0.5, 0.6) is 17.2 Å². The number of aromatic nitrogens is 4. The van der Waals surface area contributed by atoms with Gasteiger partial charge in [-0.05, 0) is 72.9 Å². The molecule has 0 bridgehead atoms. The molecule has 1 saturated heterocycles. The van der Waals surface area contributed by atoms with Crippen molar-refractivity contribution in [2.45, 2.75) is 69.1 Å². The Morgan fingerprint density at radius 2 is 1.51 bits per heavy atom. The molecule has 14 nitrogen and oxygen atoms in total. The number of nitrogens with zero attached hydrogens (tertiary/aromatic N) is 5. The lowest BCUT2D eigenvalue weighted by Crippen LogP contribution is -2.54. The molecule has 266 valence electrons. The van der Waals surface area contributed by atoms with Gasteiger partial charge in [-0.3, -0.25) is 29.4 Å². The number of fused-ring (bicyclic) bond motifs is 1. The summed E-state index contributed by atoms with van der Waals surface area (Å²) in [7, 11) is 0. The number of carbonyl (C=O) groups excluding carboxylic acids is 4. The second kappa shape index (κ2) is 12.7. The molecule has 2 aliphatic heterocycles. The van der Waals surface area contributed by atoms with Crippen LogP contribution in [0.25, 0.3) is 11.7 Å². The first-order chi connectivity index (χ1) is 25.7. The van der Waals surface area contributed by atoms with Crippen LogP contribution < -0.4 is 20.1 Å². The van der Waals surface area contributed by atoms with E-state index in [9.17, 15) is 19.2 Å². The number of ether oxygens (including phenoxy) is 2. The molecule has 2 saturated carbocycles. The van der Waals surface area contributed by atoms with Crippen molar-refractivity contribution in [2.24, 2.45) is 0 Å². The summed E-state index contributed by atoms with van der Waals surface area (Å²) in [6.07, 6.45) is 7.08. The molecular weight excluding hydrogens is 678 g/mol. The zero-order valence-electron chi connectivity index (χ0n) is 28.6. The molecule has 3 fully saturated rings. The topological polar surface area (TPSA) is 179 Å². The van der Waals surface area contributed by atoms with Gasteiger partial charge in [-0.15, -0.1) is 10.2 Å². The maximum absolute atomic E-state index is 13.2. The van der Waals surface area contributed by atoms with Gasteiger partial charge in [0, 0.05) is 43.3 Å². The minimum atomic E-state index is -0.987. The van der Waals surface area contributed by atoms with Crippen LogP contribution in [0.1, 0.15) is 76.3 Å². The van der Waals surface area contributed by atoms with Crippen LogP contribution in [0.4, 0.5) is 5.69 Å². The smallest absolute Gasteiger partial charge is 0.285 e. The minimum absolute atomic E-state index is 0.0315. The predicted molar refractivity (Wildman–Crippen MR) is 187 cm³/mol. The summed E-state index contributed by atoms with van der Waals surface area (Å²) >= 11 is 0. The van der Waals surface area contributed by atoms with Crippen LogP contribution >= 0.6 is 0 Å². The third-order valence-corrected chi connectivity index (χ3v) is 10.4. The molecule has 2 aliphatic carbocycles. The molecule has 4 heterocycles. The van der Waals surface area contributed by atoms with E-state index in [-0.39, 0.29) is 47.4 Å². The Morgan fingerprint density at radius 1 is 0.830 bits per heavy atom. The molecule has 4 amide bonds. The molecule has 53 heavy (non-hydrogen) atoms. The fourth-order valence-corrected chi connectivity index (χ4v) is 7.33. The Bertz CT molecular complexity index is 2260. The molecule has 14 heteroatoms. The van der Waals surface area contributed by atoms with Crippen molar-refractivity contribution in [3.05, 3.63) is 107 Å². The number of hydrogen-bond donors (Lipinski definition) is 2. The predicted octanol–water partition coefficient (Wildman–Crippen LogP) is 5.13. The number of hydrogen-bond acceptors (Lipinski definition) is 12. The number of anilines is 1. The van der Waals surface area contributed by atoms with E-state index in [4.69, 9.17) is 13.9 Å². The zero-order chi connectivity index (χ0) is 36.3. The van der Waals surface area contributed by atoms with Crippen molar-refractivity contribution >= 4 is 29.3 Å². The molecule has 2 N–H and O–H groups in total. The Balaban J connectivity index is 0.773. The minimum Gasteiger partial charge on any atom is -0.490 e. The number of amides is 4. The number of piperidine rings is 1. The summed E-state index contributed by atoms with van der Waals surface area (Å²) in [5, 5.41) is 13.4. The Morgan fingerprint density at radius 3 is 2.15 bits per heavy atom. The quantitative estimate of drug-likeness (QED) is 0.183. The highest BCUT2D eigenvalue weighted by atomic mass is 16.5. The lowest BCUT2D eigenvalue weighted by molar-refractivity contribution is -0.136. The van der Waals surface area contributed by atoms with E-state index in [1.807, 2.05) is 24.3 Å². The van der Waals surface area contributed by atoms with Gasteiger partial charge in [0.1, 0.15) is 23.6 Å². The van der Waals surface area contributed by atoms with Crippen molar-refractivity contribution in [3.63, 3.8) is 0 Å². The van der Waals surface area contributed by atoms with E-state index in [0.29, 0.717) is 23.2 Å². The molecular formula is C39H33N7O7. The zero-order valence-corrected chi connectivity index (χ0v) is 28.6. The average Bonchev–Trinajstić information content (AvgIpc) is 3.78. The summed E-state index contributed by atoms with van der Waals surface area (Å²) in [5.74, 6) is 0.974. The maximum atomic E-state index is 13.2. The van der Waals surface area contributed by atoms with Gasteiger partial charge in [-0.1, -0.05) is 24.3 Å². The van der Waals surface area contributed by atoms with Crippen molar-refractivity contribution in [2.75, 3.05) is 5.32 Å². The van der Waals surface area contributed by atoms with Gasteiger partial charge in [0.2, 0.25) is 23.5 Å². The maximum Gasteiger partial charge on any atom is 0.285 e. The number of imide groups is 2. The SMILES string of the molecule is Cc1nnc(-c2ncc(Oc3ccc(C4(c5ccc(OC6CC(Nc7ccc8c(c7)C(=O)N(C7CCC(=O)NC7=O)C8=O)C6)cc5)CC4)cc3)cn2)o1. The number of rotatable bonds is 10. The highest BCUT2D eigenvalue weighted by molar-refractivity contribution is 6.23. The standard InChI is InChI=1S/C39H33N7O7/c1-21-44-45-36(51-21)34-40-19-29(20-41-34)53-27-9-4-23(5-10-27)39(14-15-39)22-2-7-26(8-3-22)52-28-16-25(17-28)42-24-6-11-30-31(18-24)38(50)46(37(30)49)32-12-13-33(47)43-35(32)48/h2-11,18-20,25,28,32,42H,12-17H2,1H3,(H,43,47,48). The molecule has 4 aliphatic rings. The van der Waals surface area contributed by atoms with E-state index < -0.39 is 29.7 Å². The van der Waals surface area contributed by atoms with E-state index in [2.05, 4.69) is 55.1 Å². The van der Waals surface area contributed by atoms with E-state index >= 15 is 0 Å². The van der Waals surface area contributed by atoms with Gasteiger partial charge in [-0.2, -0.15) is 0 Å². The highest BCUT2D eigenvalue weighted by Crippen LogP contribution is 2.54. The number of nitrogens with one attached hydrogen (secondary N) is 2. The summed E-state index contributed by atoms with van der Waals surface area (Å²) < 4.78 is 17.6. The number of benzene rings is 3. The fourth-order valence-electron chi connectivity index (χ4n) is 7.33. The van der Waals surface area contributed by atoms with E-state index in [1.165, 1.54) is 11.1 Å². The van der Waals surface area contributed by atoms with Crippen molar-refractivity contribution in [3.8, 4) is 29.0 Å². The number of carbonyl (C=O) groups is 4. The summed E-state index contributed by atoms with van der Waals surface area (Å²) in [6, 6.07) is 20.7. The summed E-state index contributed by atoms with van der Waals surface area (Å²) in [4.78, 5) is 59.6. The van der Waals surface area contributed by atoms with Crippen LogP contribution in [-0.2, 0) is 15.0 Å². The first-order valence-corrected chi connectivity index (χ1v) is 17.5. The third kappa shape index (κ3) is 6.05. The Hall–Kier alpha value is -6.44. The Labute approximate surface area is 302 Å². The van der Waals surface area contributed by atoms with Crippen LogP contribution in [0, 0.1) is 6.92 Å². The van der Waals surface area contributed by atoms with Gasteiger partial charge in [0.15, 0.2) is 5.75 Å². The van der Waals surface area contributed by atoms with Gasteiger partial charge < -0.3 is 19.2 Å². The van der Waals surface area contributed by atoms with Crippen LogP contribution in [0.2, 0.25) is 0 Å². The van der Waals surface area contributed by atoms with Gasteiger partial charge >= 0.3 is 0 Å². The molecule has 1 unspecified atom stereocenters. The largest absolute Gasteiger partial charge is 0.490 e. The molecule has 0 spiro atoms. The monoisotopic (exact) mass is 711 g/mol. The average molecular weight is 712 g/mol. The Kier molecular flexibility index (Phi) is 7.75. The molecule has 3 aromatic carbocycles. The molecule has 0 radical (unpaired) electrons. The van der Waals surface area contributed by atoms with Crippen LogP contribution in [-0.4, -0.2) is 66.9 Å². The normalized spacial score (nSPS) is 21.5. The molecule has 1 atom stereocenters. The van der Waals surface area contributed by atoms with E-state index in [1.54, 1.807) is 37.5 Å². The second-order valence-corrected chi connectivity index (χ2v) is 13.9. The van der Waals surface area contributed by atoms with Gasteiger partial charge in [0.25, 0.3) is 17.7 Å². The van der Waals surface area contributed by atoms with Crippen LogP contribution in [0.15, 0.2) is 83.5 Å². The van der Waals surface area contributed by atoms with Crippen molar-refractivity contribution in [1.29, 1.82) is 0 Å². The first kappa shape index (κ1) is 32.5. The molecule has 9 rings (SSSR count). The third-order valence-electron chi connectivity index (χ3n) is 10.4. The van der Waals surface area contributed by atoms with Crippen molar-refractivity contribution < 1.29 is 33.1 Å². The molecule has 5 aromatic rings. The molecule has 2 aromatic heterocycles. The highest BCUT2D eigenvalue weighted by Gasteiger charge is 2.46. The fraction of sp³-hybridized carbons (Fsp3) is 0.282. The van der Waals surface area contributed by atoms with Gasteiger partial charge in [-0.25, -0.2) is 9.97 Å². The van der Waals surface area contributed by atoms with Crippen molar-refractivity contribution in [1.82, 2.24) is 30.4 Å². The summed E-state index contributed by atoms with van der Waals surface area (Å²) in [5.41, 5.74) is 3.67. The van der Waals surface area contributed by atoms with Gasteiger partial charge in [0.05, 0.1) is 23.5 Å². The lowest BCUT2D eigenvalue weighted by Gasteiger charge is -2.36. The lowest BCUT2D eigenvalue weighted by atomic mass is 9.87. The summed E-state index contributed by atoms with van der Waals surface area (Å²) in [6.45, 7) is 1.71. The number of aryl methyl sites for hydroxylation is 1. The van der Waals surface area contributed by atoms with Crippen LogP contribution in [0.3, 0.4) is 0 Å². The first-order valence-electron chi connectivity index (χ1n) is 17.5. The second-order valence-electron chi connectivity index (χ2n) is 13.9.